The van der Waals surface area contributed by atoms with Gasteiger partial charge < -0.3 is 5.32 Å². The summed E-state index contributed by atoms with van der Waals surface area (Å²) in [4.78, 5) is 2.14. The first-order chi connectivity index (χ1) is 10.2. The maximum Gasteiger partial charge on any atom is 0.142 e. The van der Waals surface area contributed by atoms with Crippen molar-refractivity contribution in [3.8, 4) is 0 Å². The van der Waals surface area contributed by atoms with Crippen LogP contribution in [0.1, 0.15) is 17.2 Å². The highest BCUT2D eigenvalue weighted by Gasteiger charge is 2.29. The molecule has 2 nitrogen and oxygen atoms in total. The molecule has 1 aromatic carbocycles. The van der Waals surface area contributed by atoms with Gasteiger partial charge in [-0.3, -0.25) is 4.90 Å². The second-order valence-electron chi connectivity index (χ2n) is 5.00. The van der Waals surface area contributed by atoms with Crippen LogP contribution in [0.4, 0.5) is 8.78 Å². The van der Waals surface area contributed by atoms with Crippen LogP contribution in [0, 0.1) is 11.6 Å². The average Bonchev–Trinajstić information content (AvgIpc) is 3.02. The van der Waals surface area contributed by atoms with Crippen molar-refractivity contribution >= 4 is 22.9 Å². The Bertz CT molecular complexity index is 612. The molecule has 0 saturated carbocycles. The maximum absolute atomic E-state index is 14.3. The van der Waals surface area contributed by atoms with Crippen LogP contribution in [-0.2, 0) is 0 Å². The van der Waals surface area contributed by atoms with E-state index in [1.165, 1.54) is 0 Å². The number of halogens is 3. The summed E-state index contributed by atoms with van der Waals surface area (Å²) in [5.41, 5.74) is 1.19. The van der Waals surface area contributed by atoms with Gasteiger partial charge in [-0.1, -0.05) is 11.6 Å². The topological polar surface area (TPSA) is 15.3 Å². The van der Waals surface area contributed by atoms with E-state index >= 15 is 0 Å². The third kappa shape index (κ3) is 2.97. The van der Waals surface area contributed by atoms with Crippen LogP contribution in [-0.4, -0.2) is 31.1 Å². The largest absolute Gasteiger partial charge is 0.314 e. The summed E-state index contributed by atoms with van der Waals surface area (Å²) in [5.74, 6) is -1.04. The predicted octanol–water partition coefficient (Wildman–Crippen LogP) is 3.67. The van der Waals surface area contributed by atoms with Crippen LogP contribution in [0.25, 0.3) is 0 Å². The van der Waals surface area contributed by atoms with E-state index in [9.17, 15) is 8.78 Å². The molecule has 21 heavy (non-hydrogen) atoms. The molecule has 1 aliphatic rings. The highest BCUT2D eigenvalue weighted by atomic mass is 35.5. The lowest BCUT2D eigenvalue weighted by molar-refractivity contribution is 0.195. The Labute approximate surface area is 131 Å². The number of benzene rings is 1. The third-order valence-corrected chi connectivity index (χ3v) is 4.81. The van der Waals surface area contributed by atoms with Crippen LogP contribution in [0.2, 0.25) is 5.02 Å². The zero-order valence-electron chi connectivity index (χ0n) is 11.3. The van der Waals surface area contributed by atoms with Crippen molar-refractivity contribution in [3.63, 3.8) is 0 Å². The van der Waals surface area contributed by atoms with Gasteiger partial charge in [0.05, 0.1) is 11.1 Å². The van der Waals surface area contributed by atoms with Gasteiger partial charge in [-0.15, -0.1) is 0 Å². The number of hydrogen-bond acceptors (Lipinski definition) is 3. The van der Waals surface area contributed by atoms with E-state index in [-0.39, 0.29) is 16.6 Å². The first-order valence-corrected chi connectivity index (χ1v) is 8.11. The van der Waals surface area contributed by atoms with Gasteiger partial charge in [0.15, 0.2) is 0 Å². The van der Waals surface area contributed by atoms with E-state index in [1.54, 1.807) is 11.3 Å². The lowest BCUT2D eigenvalue weighted by Crippen LogP contribution is -2.45. The first kappa shape index (κ1) is 14.9. The minimum absolute atomic E-state index is 0.121. The Morgan fingerprint density at radius 1 is 1.14 bits per heavy atom. The van der Waals surface area contributed by atoms with E-state index in [1.807, 2.05) is 16.8 Å². The first-order valence-electron chi connectivity index (χ1n) is 6.78. The quantitative estimate of drug-likeness (QED) is 0.865. The Kier molecular flexibility index (Phi) is 4.54. The van der Waals surface area contributed by atoms with Crippen LogP contribution in [0.15, 0.2) is 29.0 Å². The monoisotopic (exact) mass is 328 g/mol. The van der Waals surface area contributed by atoms with Crippen LogP contribution in [0.5, 0.6) is 0 Å². The van der Waals surface area contributed by atoms with E-state index < -0.39 is 11.6 Å². The Morgan fingerprint density at radius 2 is 1.86 bits per heavy atom. The van der Waals surface area contributed by atoms with E-state index in [4.69, 9.17) is 11.6 Å². The van der Waals surface area contributed by atoms with Crippen molar-refractivity contribution < 1.29 is 8.78 Å². The highest BCUT2D eigenvalue weighted by molar-refractivity contribution is 7.08. The predicted molar refractivity (Wildman–Crippen MR) is 82.0 cm³/mol. The maximum atomic E-state index is 14.3. The van der Waals surface area contributed by atoms with Crippen molar-refractivity contribution in [1.82, 2.24) is 10.2 Å². The number of nitrogens with zero attached hydrogens (tertiary/aromatic N) is 1. The summed E-state index contributed by atoms with van der Waals surface area (Å²) >= 11 is 7.62. The smallest absolute Gasteiger partial charge is 0.142 e. The number of rotatable bonds is 3. The van der Waals surface area contributed by atoms with Crippen molar-refractivity contribution in [3.05, 3.63) is 56.7 Å². The molecule has 0 bridgehead atoms. The van der Waals surface area contributed by atoms with Gasteiger partial charge in [0.25, 0.3) is 0 Å². The van der Waals surface area contributed by atoms with Gasteiger partial charge in [0.1, 0.15) is 11.6 Å². The zero-order chi connectivity index (χ0) is 14.8. The molecule has 3 rings (SSSR count). The fourth-order valence-corrected chi connectivity index (χ4v) is 3.66. The molecular weight excluding hydrogens is 314 g/mol. The van der Waals surface area contributed by atoms with Crippen LogP contribution >= 0.6 is 22.9 Å². The molecule has 1 aliphatic heterocycles. The van der Waals surface area contributed by atoms with Gasteiger partial charge in [0, 0.05) is 31.7 Å². The zero-order valence-corrected chi connectivity index (χ0v) is 12.9. The second kappa shape index (κ2) is 6.40. The summed E-state index contributed by atoms with van der Waals surface area (Å²) < 4.78 is 28.1. The van der Waals surface area contributed by atoms with Crippen LogP contribution in [0.3, 0.4) is 0 Å². The van der Waals surface area contributed by atoms with Gasteiger partial charge in [0.2, 0.25) is 0 Å². The molecule has 2 heterocycles. The minimum Gasteiger partial charge on any atom is -0.314 e. The third-order valence-electron chi connectivity index (χ3n) is 3.73. The lowest BCUT2D eigenvalue weighted by Gasteiger charge is -2.35. The normalized spacial score (nSPS) is 17.9. The number of thiophene rings is 1. The number of piperazine rings is 1. The summed E-state index contributed by atoms with van der Waals surface area (Å²) in [6, 6.07) is 3.82. The van der Waals surface area contributed by atoms with Crippen LogP contribution < -0.4 is 5.32 Å². The summed E-state index contributed by atoms with van der Waals surface area (Å²) in [6.07, 6.45) is 0. The molecule has 0 radical (unpaired) electrons. The molecule has 6 heteroatoms. The molecular formula is C15H15ClF2N2S. The standard InChI is InChI=1S/C15H15ClF2N2S/c16-14-12(18)2-1-11(17)13(14)15(10-3-8-21-9-10)20-6-4-19-5-7-20/h1-3,8-9,15,19H,4-7H2/t15-/m0/s1. The van der Waals surface area contributed by atoms with Gasteiger partial charge in [-0.25, -0.2) is 8.78 Å². The molecule has 2 aromatic rings. The van der Waals surface area contributed by atoms with Gasteiger partial charge >= 0.3 is 0 Å². The van der Waals surface area contributed by atoms with Crippen molar-refractivity contribution in [2.24, 2.45) is 0 Å². The van der Waals surface area contributed by atoms with Crippen molar-refractivity contribution in [1.29, 1.82) is 0 Å². The second-order valence-corrected chi connectivity index (χ2v) is 6.16. The minimum atomic E-state index is -0.580. The van der Waals surface area contributed by atoms with E-state index in [0.717, 1.165) is 43.9 Å². The van der Waals surface area contributed by atoms with Gasteiger partial charge in [-0.2, -0.15) is 11.3 Å². The molecule has 1 fully saturated rings. The molecule has 1 atom stereocenters. The molecule has 0 unspecified atom stereocenters. The molecule has 1 saturated heterocycles. The highest BCUT2D eigenvalue weighted by Crippen LogP contribution is 2.37. The Balaban J connectivity index is 2.09. The fourth-order valence-electron chi connectivity index (χ4n) is 2.72. The van der Waals surface area contributed by atoms with Crippen molar-refractivity contribution in [2.45, 2.75) is 6.04 Å². The van der Waals surface area contributed by atoms with Gasteiger partial charge in [-0.05, 0) is 34.5 Å². The average molecular weight is 329 g/mol. The lowest BCUT2D eigenvalue weighted by atomic mass is 9.98. The van der Waals surface area contributed by atoms with E-state index in [2.05, 4.69) is 10.2 Å². The molecule has 0 spiro atoms. The molecule has 1 aromatic heterocycles. The van der Waals surface area contributed by atoms with E-state index in [0.29, 0.717) is 0 Å². The number of nitrogens with one attached hydrogen (secondary N) is 1. The summed E-state index contributed by atoms with van der Waals surface area (Å²) in [7, 11) is 0. The Hall–Kier alpha value is -1.01. The molecule has 112 valence electrons. The SMILES string of the molecule is Fc1ccc(F)c([C@H](c2ccsc2)N2CCNCC2)c1Cl. The van der Waals surface area contributed by atoms with Crippen molar-refractivity contribution in [2.75, 3.05) is 26.2 Å². The number of hydrogen-bond donors (Lipinski definition) is 1. The summed E-state index contributed by atoms with van der Waals surface area (Å²) in [5, 5.41) is 7.05. The summed E-state index contributed by atoms with van der Waals surface area (Å²) in [6.45, 7) is 3.20. The molecule has 0 amide bonds. The fraction of sp³-hybridized carbons (Fsp3) is 0.333. The molecule has 1 N–H and O–H groups in total. The molecule has 0 aliphatic carbocycles. The Morgan fingerprint density at radius 3 is 2.52 bits per heavy atom.